The Kier molecular flexibility index (Phi) is 4.90. The Hall–Kier alpha value is -0.610. The van der Waals surface area contributed by atoms with Crippen LogP contribution in [0.2, 0.25) is 0 Å². The van der Waals surface area contributed by atoms with Crippen molar-refractivity contribution in [1.29, 1.82) is 0 Å². The molecule has 0 aliphatic carbocycles. The molecule has 4 heteroatoms. The van der Waals surface area contributed by atoms with E-state index in [1.54, 1.807) is 7.05 Å². The SMILES string of the molecule is CCN(CC(=O)NC)CC1CCNC1. The summed E-state index contributed by atoms with van der Waals surface area (Å²) in [5.74, 6) is 0.831. The number of nitrogens with one attached hydrogen (secondary N) is 2. The third-order valence-electron chi connectivity index (χ3n) is 2.77. The molecule has 1 saturated heterocycles. The molecule has 0 aromatic heterocycles. The molecule has 1 unspecified atom stereocenters. The largest absolute Gasteiger partial charge is 0.358 e. The average Bonchev–Trinajstić information content (AvgIpc) is 2.69. The van der Waals surface area contributed by atoms with Gasteiger partial charge >= 0.3 is 0 Å². The lowest BCUT2D eigenvalue weighted by atomic mass is 10.1. The first-order chi connectivity index (χ1) is 6.76. The second kappa shape index (κ2) is 5.98. The topological polar surface area (TPSA) is 44.4 Å². The highest BCUT2D eigenvalue weighted by molar-refractivity contribution is 5.77. The molecule has 0 aromatic carbocycles. The van der Waals surface area contributed by atoms with E-state index in [2.05, 4.69) is 22.5 Å². The first-order valence-corrected chi connectivity index (χ1v) is 5.40. The number of nitrogens with zero attached hydrogens (tertiary/aromatic N) is 1. The first-order valence-electron chi connectivity index (χ1n) is 5.40. The number of amides is 1. The summed E-state index contributed by atoms with van der Waals surface area (Å²) in [7, 11) is 1.69. The maximum atomic E-state index is 11.2. The molecular formula is C10H21N3O. The van der Waals surface area contributed by atoms with Crippen LogP contribution in [0.3, 0.4) is 0 Å². The van der Waals surface area contributed by atoms with E-state index < -0.39 is 0 Å². The van der Waals surface area contributed by atoms with Gasteiger partial charge in [0.05, 0.1) is 6.54 Å². The summed E-state index contributed by atoms with van der Waals surface area (Å²) in [6.07, 6.45) is 1.24. The highest BCUT2D eigenvalue weighted by Crippen LogP contribution is 2.09. The standard InChI is InChI=1S/C10H21N3O/c1-3-13(8-10(14)11-2)7-9-4-5-12-6-9/h9,12H,3-8H2,1-2H3,(H,11,14). The molecular weight excluding hydrogens is 178 g/mol. The quantitative estimate of drug-likeness (QED) is 0.637. The Morgan fingerprint density at radius 1 is 1.64 bits per heavy atom. The molecule has 1 aliphatic heterocycles. The van der Waals surface area contributed by atoms with Crippen LogP contribution in [0, 0.1) is 5.92 Å². The van der Waals surface area contributed by atoms with Crippen molar-refractivity contribution in [1.82, 2.24) is 15.5 Å². The fourth-order valence-electron chi connectivity index (χ4n) is 1.82. The molecule has 1 aliphatic rings. The highest BCUT2D eigenvalue weighted by atomic mass is 16.1. The van der Waals surface area contributed by atoms with Gasteiger partial charge in [-0.1, -0.05) is 6.92 Å². The monoisotopic (exact) mass is 199 g/mol. The van der Waals surface area contributed by atoms with E-state index in [4.69, 9.17) is 0 Å². The smallest absolute Gasteiger partial charge is 0.233 e. The van der Waals surface area contributed by atoms with Gasteiger partial charge in [0, 0.05) is 13.6 Å². The number of rotatable bonds is 5. The van der Waals surface area contributed by atoms with Crippen LogP contribution in [0.1, 0.15) is 13.3 Å². The van der Waals surface area contributed by atoms with E-state index >= 15 is 0 Å². The van der Waals surface area contributed by atoms with Gasteiger partial charge in [0.1, 0.15) is 0 Å². The molecule has 1 fully saturated rings. The molecule has 0 spiro atoms. The van der Waals surface area contributed by atoms with Gasteiger partial charge in [0.15, 0.2) is 0 Å². The minimum atomic E-state index is 0.109. The van der Waals surface area contributed by atoms with Crippen molar-refractivity contribution in [2.75, 3.05) is 39.8 Å². The fourth-order valence-corrected chi connectivity index (χ4v) is 1.82. The van der Waals surface area contributed by atoms with Gasteiger partial charge in [0.25, 0.3) is 0 Å². The van der Waals surface area contributed by atoms with Crippen LogP contribution in [0.4, 0.5) is 0 Å². The van der Waals surface area contributed by atoms with Crippen molar-refractivity contribution < 1.29 is 4.79 Å². The molecule has 4 nitrogen and oxygen atoms in total. The molecule has 14 heavy (non-hydrogen) atoms. The van der Waals surface area contributed by atoms with Crippen LogP contribution in [0.25, 0.3) is 0 Å². The van der Waals surface area contributed by atoms with Crippen LogP contribution < -0.4 is 10.6 Å². The summed E-state index contributed by atoms with van der Waals surface area (Å²) >= 11 is 0. The Morgan fingerprint density at radius 3 is 2.93 bits per heavy atom. The zero-order chi connectivity index (χ0) is 10.4. The minimum absolute atomic E-state index is 0.109. The molecule has 82 valence electrons. The summed E-state index contributed by atoms with van der Waals surface area (Å²) in [4.78, 5) is 13.4. The Labute approximate surface area is 86.0 Å². The van der Waals surface area contributed by atoms with Crippen LogP contribution >= 0.6 is 0 Å². The lowest BCUT2D eigenvalue weighted by Crippen LogP contribution is -2.38. The van der Waals surface area contributed by atoms with Crippen molar-refractivity contribution in [3.05, 3.63) is 0 Å². The van der Waals surface area contributed by atoms with Crippen molar-refractivity contribution in [2.45, 2.75) is 13.3 Å². The second-order valence-corrected chi connectivity index (χ2v) is 3.86. The van der Waals surface area contributed by atoms with Crippen LogP contribution in [0.5, 0.6) is 0 Å². The third kappa shape index (κ3) is 3.64. The Morgan fingerprint density at radius 2 is 2.43 bits per heavy atom. The van der Waals surface area contributed by atoms with Crippen LogP contribution in [-0.2, 0) is 4.79 Å². The maximum Gasteiger partial charge on any atom is 0.233 e. The van der Waals surface area contributed by atoms with E-state index in [-0.39, 0.29) is 5.91 Å². The van der Waals surface area contributed by atoms with Crippen LogP contribution in [0.15, 0.2) is 0 Å². The molecule has 1 heterocycles. The molecule has 1 amide bonds. The van der Waals surface area contributed by atoms with Crippen molar-refractivity contribution in [2.24, 2.45) is 5.92 Å². The summed E-state index contributed by atoms with van der Waals surface area (Å²) in [6, 6.07) is 0. The van der Waals surface area contributed by atoms with Crippen LogP contribution in [-0.4, -0.2) is 50.6 Å². The molecule has 0 aromatic rings. The van der Waals surface area contributed by atoms with Gasteiger partial charge in [-0.15, -0.1) is 0 Å². The minimum Gasteiger partial charge on any atom is -0.358 e. The Bertz CT molecular complexity index is 178. The van der Waals surface area contributed by atoms with Gasteiger partial charge in [0.2, 0.25) is 5.91 Å². The van der Waals surface area contributed by atoms with Gasteiger partial charge in [-0.05, 0) is 32.0 Å². The molecule has 1 rings (SSSR count). The lowest BCUT2D eigenvalue weighted by molar-refractivity contribution is -0.121. The van der Waals surface area contributed by atoms with E-state index in [9.17, 15) is 4.79 Å². The number of carbonyl (C=O) groups excluding carboxylic acids is 1. The average molecular weight is 199 g/mol. The normalized spacial score (nSPS) is 21.5. The van der Waals surface area contributed by atoms with E-state index in [1.807, 2.05) is 0 Å². The summed E-state index contributed by atoms with van der Waals surface area (Å²) in [5.41, 5.74) is 0. The Balaban J connectivity index is 2.26. The molecule has 1 atom stereocenters. The van der Waals surface area contributed by atoms with Gasteiger partial charge in [-0.25, -0.2) is 0 Å². The summed E-state index contributed by atoms with van der Waals surface area (Å²) in [5, 5.41) is 6.00. The summed E-state index contributed by atoms with van der Waals surface area (Å²) in [6.45, 7) is 6.85. The molecule has 0 bridgehead atoms. The maximum absolute atomic E-state index is 11.2. The third-order valence-corrected chi connectivity index (χ3v) is 2.77. The second-order valence-electron chi connectivity index (χ2n) is 3.86. The number of carbonyl (C=O) groups is 1. The van der Waals surface area contributed by atoms with Gasteiger partial charge in [-0.3, -0.25) is 9.69 Å². The van der Waals surface area contributed by atoms with E-state index in [0.29, 0.717) is 6.54 Å². The predicted molar refractivity (Wildman–Crippen MR) is 57.2 cm³/mol. The summed E-state index contributed by atoms with van der Waals surface area (Å²) < 4.78 is 0. The molecule has 0 radical (unpaired) electrons. The predicted octanol–water partition coefficient (Wildman–Crippen LogP) is -0.336. The molecule has 0 saturated carbocycles. The van der Waals surface area contributed by atoms with E-state index in [1.165, 1.54) is 6.42 Å². The number of hydrogen-bond acceptors (Lipinski definition) is 3. The fraction of sp³-hybridized carbons (Fsp3) is 0.900. The van der Waals surface area contributed by atoms with Gasteiger partial charge < -0.3 is 10.6 Å². The zero-order valence-electron chi connectivity index (χ0n) is 9.18. The van der Waals surface area contributed by atoms with Crippen molar-refractivity contribution in [3.8, 4) is 0 Å². The zero-order valence-corrected chi connectivity index (χ0v) is 9.18. The van der Waals surface area contributed by atoms with E-state index in [0.717, 1.165) is 32.1 Å². The highest BCUT2D eigenvalue weighted by Gasteiger charge is 2.18. The first kappa shape index (κ1) is 11.5. The number of hydrogen-bond donors (Lipinski definition) is 2. The van der Waals surface area contributed by atoms with Gasteiger partial charge in [-0.2, -0.15) is 0 Å². The van der Waals surface area contributed by atoms with Crippen molar-refractivity contribution in [3.63, 3.8) is 0 Å². The molecule has 2 N–H and O–H groups in total. The number of likely N-dealkylation sites (N-methyl/N-ethyl adjacent to an activating group) is 2. The lowest BCUT2D eigenvalue weighted by Gasteiger charge is -2.22. The van der Waals surface area contributed by atoms with Crippen molar-refractivity contribution >= 4 is 5.91 Å².